The molecule has 0 aromatic carbocycles. The molecule has 0 saturated carbocycles. The van der Waals surface area contributed by atoms with Crippen LogP contribution in [0.5, 0.6) is 0 Å². The number of hydrogen-bond donors (Lipinski definition) is 1. The van der Waals surface area contributed by atoms with Gasteiger partial charge in [0.05, 0.1) is 18.5 Å². The Morgan fingerprint density at radius 2 is 1.86 bits per heavy atom. The number of carbonyl (C=O) groups is 1. The Kier molecular flexibility index (Phi) is 13.7. The summed E-state index contributed by atoms with van der Waals surface area (Å²) in [7, 11) is 1.50. The highest BCUT2D eigenvalue weighted by Gasteiger charge is 2.26. The third-order valence-electron chi connectivity index (χ3n) is 4.06. The molecule has 0 radical (unpaired) electrons. The number of rotatable bonds is 9. The molecular formula is C22H37N3O3. The zero-order chi connectivity index (χ0) is 21.4. The minimum absolute atomic E-state index is 0.345. The van der Waals surface area contributed by atoms with Gasteiger partial charge in [0.2, 0.25) is 0 Å². The third kappa shape index (κ3) is 9.67. The molecule has 0 aromatic heterocycles. The van der Waals surface area contributed by atoms with E-state index in [1.807, 2.05) is 50.3 Å². The SMILES string of the molecule is C/C=C\C1=C(/C=C\C)N=CC(C)(OC(=O)OCCCN(CC)CC)C=C1.CN. The van der Waals surface area contributed by atoms with Crippen LogP contribution in [0.25, 0.3) is 0 Å². The standard InChI is InChI=1S/C21H32N2O3.CH5N/c1-6-11-18-13-14-21(5,17-22-19(18)12-7-2)26-20(24)25-16-10-15-23(8-3)9-4;1-2/h6-7,11-14,17H,8-10,15-16H2,1-5H3;2H2,1H3/b11-6-,12-7-;. The number of carbonyl (C=O) groups excluding carboxylic acids is 1. The third-order valence-corrected chi connectivity index (χ3v) is 4.06. The summed E-state index contributed by atoms with van der Waals surface area (Å²) >= 11 is 0. The first-order chi connectivity index (χ1) is 13.5. The van der Waals surface area contributed by atoms with Crippen LogP contribution >= 0.6 is 0 Å². The topological polar surface area (TPSA) is 77.2 Å². The molecule has 1 unspecified atom stereocenters. The quantitative estimate of drug-likeness (QED) is 0.469. The molecule has 0 saturated heterocycles. The first-order valence-electron chi connectivity index (χ1n) is 9.88. The van der Waals surface area contributed by atoms with Crippen LogP contribution in [-0.2, 0) is 9.47 Å². The molecule has 0 fully saturated rings. The normalized spacial score (nSPS) is 19.1. The van der Waals surface area contributed by atoms with Gasteiger partial charge in [0.15, 0.2) is 5.60 Å². The Bertz CT molecular complexity index is 568. The Labute approximate surface area is 170 Å². The first kappa shape index (κ1) is 25.8. The maximum Gasteiger partial charge on any atom is 0.509 e. The lowest BCUT2D eigenvalue weighted by atomic mass is 10.1. The summed E-state index contributed by atoms with van der Waals surface area (Å²) in [5, 5.41) is 0. The number of ether oxygens (including phenoxy) is 2. The Balaban J connectivity index is 0.00000352. The fourth-order valence-corrected chi connectivity index (χ4v) is 2.53. The Hall–Kier alpha value is -2.18. The molecule has 1 heterocycles. The Morgan fingerprint density at radius 3 is 2.43 bits per heavy atom. The molecule has 1 atom stereocenters. The van der Waals surface area contributed by atoms with Gasteiger partial charge in [-0.2, -0.15) is 0 Å². The van der Waals surface area contributed by atoms with Gasteiger partial charge in [-0.05, 0) is 65.1 Å². The molecule has 6 nitrogen and oxygen atoms in total. The molecule has 6 heteroatoms. The van der Waals surface area contributed by atoms with Gasteiger partial charge in [-0.15, -0.1) is 0 Å². The minimum atomic E-state index is -0.938. The second-order valence-electron chi connectivity index (χ2n) is 6.20. The van der Waals surface area contributed by atoms with E-state index in [-0.39, 0.29) is 0 Å². The van der Waals surface area contributed by atoms with Crippen LogP contribution in [-0.4, -0.2) is 56.2 Å². The van der Waals surface area contributed by atoms with Crippen LogP contribution < -0.4 is 5.73 Å². The van der Waals surface area contributed by atoms with Crippen molar-refractivity contribution in [3.05, 3.63) is 47.7 Å². The zero-order valence-electron chi connectivity index (χ0n) is 18.3. The van der Waals surface area contributed by atoms with Crippen molar-refractivity contribution >= 4 is 12.4 Å². The van der Waals surface area contributed by atoms with Crippen LogP contribution in [0.3, 0.4) is 0 Å². The van der Waals surface area contributed by atoms with Gasteiger partial charge in [0, 0.05) is 6.54 Å². The predicted octanol–water partition coefficient (Wildman–Crippen LogP) is 4.25. The van der Waals surface area contributed by atoms with Crippen LogP contribution in [0.15, 0.2) is 52.7 Å². The van der Waals surface area contributed by atoms with E-state index >= 15 is 0 Å². The van der Waals surface area contributed by atoms with E-state index in [4.69, 9.17) is 9.47 Å². The van der Waals surface area contributed by atoms with Crippen molar-refractivity contribution in [1.29, 1.82) is 0 Å². The second-order valence-corrected chi connectivity index (χ2v) is 6.20. The molecule has 2 N–H and O–H groups in total. The number of allylic oxidation sites excluding steroid dienone is 6. The van der Waals surface area contributed by atoms with Gasteiger partial charge in [-0.3, -0.25) is 4.99 Å². The van der Waals surface area contributed by atoms with E-state index in [1.54, 1.807) is 13.1 Å². The molecule has 0 aromatic rings. The summed E-state index contributed by atoms with van der Waals surface area (Å²) in [6, 6.07) is 0. The maximum absolute atomic E-state index is 12.0. The van der Waals surface area contributed by atoms with Gasteiger partial charge in [-0.1, -0.05) is 38.2 Å². The first-order valence-corrected chi connectivity index (χ1v) is 9.88. The molecule has 1 aliphatic rings. The number of nitrogens with zero attached hydrogens (tertiary/aromatic N) is 2. The highest BCUT2D eigenvalue weighted by atomic mass is 16.7. The lowest BCUT2D eigenvalue weighted by Gasteiger charge is -2.21. The van der Waals surface area contributed by atoms with E-state index in [1.165, 1.54) is 7.05 Å². The fourth-order valence-electron chi connectivity index (χ4n) is 2.53. The Morgan fingerprint density at radius 1 is 1.21 bits per heavy atom. The van der Waals surface area contributed by atoms with Crippen molar-refractivity contribution in [1.82, 2.24) is 4.90 Å². The summed E-state index contributed by atoms with van der Waals surface area (Å²) < 4.78 is 10.7. The zero-order valence-corrected chi connectivity index (χ0v) is 18.3. The molecule has 0 spiro atoms. The summed E-state index contributed by atoms with van der Waals surface area (Å²) in [6.45, 7) is 13.2. The smallest absolute Gasteiger partial charge is 0.434 e. The average Bonchev–Trinajstić information content (AvgIpc) is 2.84. The highest BCUT2D eigenvalue weighted by Crippen LogP contribution is 2.21. The number of hydrogen-bond acceptors (Lipinski definition) is 6. The highest BCUT2D eigenvalue weighted by molar-refractivity contribution is 5.78. The van der Waals surface area contributed by atoms with Crippen molar-refractivity contribution in [2.24, 2.45) is 10.7 Å². The van der Waals surface area contributed by atoms with Crippen molar-refractivity contribution in [2.75, 3.05) is 33.3 Å². The van der Waals surface area contributed by atoms with E-state index in [0.29, 0.717) is 6.61 Å². The van der Waals surface area contributed by atoms with Crippen LogP contribution in [0, 0.1) is 0 Å². The van der Waals surface area contributed by atoms with Crippen LogP contribution in [0.2, 0.25) is 0 Å². The van der Waals surface area contributed by atoms with Gasteiger partial charge < -0.3 is 20.1 Å². The number of nitrogens with two attached hydrogens (primary N) is 1. The van der Waals surface area contributed by atoms with Crippen molar-refractivity contribution in [3.8, 4) is 0 Å². The maximum atomic E-state index is 12.0. The molecule has 0 aliphatic carbocycles. The van der Waals surface area contributed by atoms with E-state index < -0.39 is 11.8 Å². The minimum Gasteiger partial charge on any atom is -0.434 e. The summed E-state index contributed by atoms with van der Waals surface area (Å²) in [5.41, 5.74) is 5.34. The summed E-state index contributed by atoms with van der Waals surface area (Å²) in [5.74, 6) is 0. The van der Waals surface area contributed by atoms with Crippen LogP contribution in [0.1, 0.15) is 41.0 Å². The molecule has 0 bridgehead atoms. The molecule has 1 aliphatic heterocycles. The molecule has 158 valence electrons. The van der Waals surface area contributed by atoms with Crippen LogP contribution in [0.4, 0.5) is 4.79 Å². The lowest BCUT2D eigenvalue weighted by Crippen LogP contribution is -2.32. The summed E-state index contributed by atoms with van der Waals surface area (Å²) in [4.78, 5) is 18.8. The molecular weight excluding hydrogens is 354 g/mol. The van der Waals surface area contributed by atoms with Crippen molar-refractivity contribution < 1.29 is 14.3 Å². The lowest BCUT2D eigenvalue weighted by molar-refractivity contribution is 0.0239. The summed E-state index contributed by atoms with van der Waals surface area (Å²) in [6.07, 6.45) is 13.3. The second kappa shape index (κ2) is 14.8. The van der Waals surface area contributed by atoms with Gasteiger partial charge in [0.25, 0.3) is 0 Å². The van der Waals surface area contributed by atoms with Gasteiger partial charge in [-0.25, -0.2) is 4.79 Å². The van der Waals surface area contributed by atoms with Crippen molar-refractivity contribution in [2.45, 2.75) is 46.6 Å². The molecule has 1 rings (SSSR count). The number of aliphatic imine (C=N–C) groups is 1. The van der Waals surface area contributed by atoms with E-state index in [9.17, 15) is 4.79 Å². The average molecular weight is 392 g/mol. The largest absolute Gasteiger partial charge is 0.509 e. The van der Waals surface area contributed by atoms with Gasteiger partial charge in [0.1, 0.15) is 0 Å². The van der Waals surface area contributed by atoms with Crippen molar-refractivity contribution in [3.63, 3.8) is 0 Å². The van der Waals surface area contributed by atoms with Gasteiger partial charge >= 0.3 is 6.16 Å². The monoisotopic (exact) mass is 391 g/mol. The van der Waals surface area contributed by atoms with E-state index in [2.05, 4.69) is 29.5 Å². The molecule has 0 amide bonds. The predicted molar refractivity (Wildman–Crippen MR) is 118 cm³/mol. The molecule has 28 heavy (non-hydrogen) atoms. The fraction of sp³-hybridized carbons (Fsp3) is 0.545. The van der Waals surface area contributed by atoms with E-state index in [0.717, 1.165) is 37.3 Å².